The molecule has 6 nitrogen and oxygen atoms in total. The van der Waals surface area contributed by atoms with Gasteiger partial charge in [0.05, 0.1) is 38.1 Å². The lowest BCUT2D eigenvalue weighted by Crippen LogP contribution is -2.61. The van der Waals surface area contributed by atoms with E-state index in [1.165, 1.54) is 6.07 Å². The fourth-order valence-corrected chi connectivity index (χ4v) is 4.82. The second kappa shape index (κ2) is 12.2. The minimum atomic E-state index is -1.12. The predicted octanol–water partition coefficient (Wildman–Crippen LogP) is 3.94. The van der Waals surface area contributed by atoms with Crippen molar-refractivity contribution >= 4 is 23.2 Å². The van der Waals surface area contributed by atoms with Crippen molar-refractivity contribution in [3.63, 3.8) is 0 Å². The van der Waals surface area contributed by atoms with E-state index in [0.717, 1.165) is 5.56 Å². The molecule has 188 valence electrons. The zero-order chi connectivity index (χ0) is 25.4. The molecule has 1 aliphatic heterocycles. The molecule has 1 saturated heterocycles. The summed E-state index contributed by atoms with van der Waals surface area (Å²) in [5.74, 6) is -1.34. The Morgan fingerprint density at radius 1 is 1.06 bits per heavy atom. The summed E-state index contributed by atoms with van der Waals surface area (Å²) >= 11 is 5.50. The zero-order valence-electron chi connectivity index (χ0n) is 19.7. The standard InChI is InChI=1S/C28H29FN2O4S/c29-25-14-8-7-13-24(25)28(31-27(36)30-26(33)21-11-5-2-6-12-21)15-23(35-18-22(28)16-32)19-34-17-20-9-3-1-4-10-20/h1-14,22-23,32H,15-19H2,(H2,30,31,33,36)/t22-,23-,28+/m1/s1. The number of benzene rings is 3. The molecule has 8 heteroatoms. The van der Waals surface area contributed by atoms with Gasteiger partial charge in [0.15, 0.2) is 5.11 Å². The predicted molar refractivity (Wildman–Crippen MR) is 139 cm³/mol. The van der Waals surface area contributed by atoms with Crippen molar-refractivity contribution in [1.29, 1.82) is 0 Å². The Morgan fingerprint density at radius 3 is 2.42 bits per heavy atom. The van der Waals surface area contributed by atoms with Gasteiger partial charge in [-0.25, -0.2) is 4.39 Å². The van der Waals surface area contributed by atoms with Crippen LogP contribution in [0.15, 0.2) is 84.9 Å². The molecule has 0 unspecified atom stereocenters. The van der Waals surface area contributed by atoms with Gasteiger partial charge < -0.3 is 19.9 Å². The molecular weight excluding hydrogens is 479 g/mol. The van der Waals surface area contributed by atoms with E-state index in [4.69, 9.17) is 21.7 Å². The third kappa shape index (κ3) is 6.14. The first-order chi connectivity index (χ1) is 17.5. The maximum atomic E-state index is 15.2. The Balaban J connectivity index is 1.55. The first-order valence-corrected chi connectivity index (χ1v) is 12.2. The van der Waals surface area contributed by atoms with Gasteiger partial charge in [-0.2, -0.15) is 0 Å². The number of carbonyl (C=O) groups is 1. The third-order valence-corrected chi connectivity index (χ3v) is 6.57. The summed E-state index contributed by atoms with van der Waals surface area (Å²) in [7, 11) is 0. The van der Waals surface area contributed by atoms with Crippen LogP contribution in [0.1, 0.15) is 27.9 Å². The van der Waals surface area contributed by atoms with Crippen LogP contribution in [0.25, 0.3) is 0 Å². The van der Waals surface area contributed by atoms with Crippen LogP contribution in [0.5, 0.6) is 0 Å². The van der Waals surface area contributed by atoms with Crippen LogP contribution in [0.3, 0.4) is 0 Å². The van der Waals surface area contributed by atoms with Gasteiger partial charge in [-0.05, 0) is 36.0 Å². The highest BCUT2D eigenvalue weighted by molar-refractivity contribution is 7.80. The van der Waals surface area contributed by atoms with E-state index in [1.54, 1.807) is 42.5 Å². The normalized spacial score (nSPS) is 21.5. The number of thiocarbonyl (C=S) groups is 1. The van der Waals surface area contributed by atoms with Crippen LogP contribution in [-0.2, 0) is 21.6 Å². The molecule has 0 bridgehead atoms. The van der Waals surface area contributed by atoms with Gasteiger partial charge in [-0.15, -0.1) is 0 Å². The number of amides is 1. The number of nitrogens with one attached hydrogen (secondary N) is 2. The Bertz CT molecular complexity index is 1160. The summed E-state index contributed by atoms with van der Waals surface area (Å²) in [6.45, 7) is 0.574. The molecule has 36 heavy (non-hydrogen) atoms. The highest BCUT2D eigenvalue weighted by Gasteiger charge is 2.48. The van der Waals surface area contributed by atoms with E-state index in [2.05, 4.69) is 10.6 Å². The van der Waals surface area contributed by atoms with Gasteiger partial charge in [0.2, 0.25) is 0 Å². The number of hydrogen-bond donors (Lipinski definition) is 3. The molecule has 0 aromatic heterocycles. The highest BCUT2D eigenvalue weighted by Crippen LogP contribution is 2.40. The summed E-state index contributed by atoms with van der Waals surface area (Å²) in [5, 5.41) is 16.2. The molecule has 1 aliphatic rings. The quantitative estimate of drug-likeness (QED) is 0.400. The topological polar surface area (TPSA) is 79.8 Å². The number of rotatable bonds is 8. The van der Waals surface area contributed by atoms with E-state index < -0.39 is 23.4 Å². The molecule has 1 heterocycles. The van der Waals surface area contributed by atoms with Crippen molar-refractivity contribution in [2.24, 2.45) is 5.92 Å². The molecule has 3 aromatic rings. The number of aliphatic hydroxyl groups excluding tert-OH is 1. The molecule has 4 rings (SSSR count). The smallest absolute Gasteiger partial charge is 0.257 e. The minimum absolute atomic E-state index is 0.0383. The molecule has 0 radical (unpaired) electrons. The van der Waals surface area contributed by atoms with Crippen LogP contribution in [0.4, 0.5) is 4.39 Å². The van der Waals surface area contributed by atoms with Crippen molar-refractivity contribution < 1.29 is 23.8 Å². The lowest BCUT2D eigenvalue weighted by Gasteiger charge is -2.47. The largest absolute Gasteiger partial charge is 0.396 e. The Kier molecular flexibility index (Phi) is 8.77. The molecule has 0 aliphatic carbocycles. The first-order valence-electron chi connectivity index (χ1n) is 11.8. The average Bonchev–Trinajstić information content (AvgIpc) is 2.90. The molecular formula is C28H29FN2O4S. The maximum Gasteiger partial charge on any atom is 0.257 e. The molecule has 3 aromatic carbocycles. The van der Waals surface area contributed by atoms with Crippen LogP contribution in [0.2, 0.25) is 0 Å². The molecule has 0 spiro atoms. The maximum absolute atomic E-state index is 15.2. The third-order valence-electron chi connectivity index (χ3n) is 6.37. The monoisotopic (exact) mass is 508 g/mol. The van der Waals surface area contributed by atoms with Gasteiger partial charge in [-0.1, -0.05) is 66.7 Å². The fourth-order valence-electron chi connectivity index (χ4n) is 4.55. The number of ether oxygens (including phenoxy) is 2. The Labute approximate surface area is 215 Å². The summed E-state index contributed by atoms with van der Waals surface area (Å²) in [6.07, 6.45) is -0.119. The van der Waals surface area contributed by atoms with Crippen LogP contribution < -0.4 is 10.6 Å². The lowest BCUT2D eigenvalue weighted by atomic mass is 9.73. The van der Waals surface area contributed by atoms with E-state index in [9.17, 15) is 9.90 Å². The van der Waals surface area contributed by atoms with E-state index in [-0.39, 0.29) is 37.3 Å². The summed E-state index contributed by atoms with van der Waals surface area (Å²) in [4.78, 5) is 12.7. The van der Waals surface area contributed by atoms with Crippen molar-refractivity contribution in [3.05, 3.63) is 107 Å². The van der Waals surface area contributed by atoms with E-state index in [0.29, 0.717) is 17.7 Å². The summed E-state index contributed by atoms with van der Waals surface area (Å²) < 4.78 is 27.1. The molecule has 3 N–H and O–H groups in total. The van der Waals surface area contributed by atoms with E-state index >= 15 is 4.39 Å². The van der Waals surface area contributed by atoms with Crippen molar-refractivity contribution in [1.82, 2.24) is 10.6 Å². The van der Waals surface area contributed by atoms with Crippen molar-refractivity contribution in [2.75, 3.05) is 19.8 Å². The van der Waals surface area contributed by atoms with Gasteiger partial charge in [-0.3, -0.25) is 10.1 Å². The number of carbonyl (C=O) groups excluding carboxylic acids is 1. The van der Waals surface area contributed by atoms with Gasteiger partial charge in [0, 0.05) is 23.5 Å². The lowest BCUT2D eigenvalue weighted by molar-refractivity contribution is -0.110. The van der Waals surface area contributed by atoms with Gasteiger partial charge in [0.1, 0.15) is 5.82 Å². The zero-order valence-corrected chi connectivity index (χ0v) is 20.5. The number of aliphatic hydroxyl groups is 1. The minimum Gasteiger partial charge on any atom is -0.396 e. The van der Waals surface area contributed by atoms with Crippen molar-refractivity contribution in [3.8, 4) is 0 Å². The van der Waals surface area contributed by atoms with Gasteiger partial charge >= 0.3 is 0 Å². The second-order valence-corrected chi connectivity index (χ2v) is 9.17. The Morgan fingerprint density at radius 2 is 1.72 bits per heavy atom. The highest BCUT2D eigenvalue weighted by atomic mass is 32.1. The van der Waals surface area contributed by atoms with Crippen LogP contribution >= 0.6 is 12.2 Å². The SMILES string of the molecule is O=C(NC(=S)N[C@@]1(c2ccccc2F)C[C@H](COCc2ccccc2)OC[C@H]1CO)c1ccccc1. The van der Waals surface area contributed by atoms with Gasteiger partial charge in [0.25, 0.3) is 5.91 Å². The van der Waals surface area contributed by atoms with Crippen LogP contribution in [-0.4, -0.2) is 42.1 Å². The Hall–Kier alpha value is -3.17. The number of hydrogen-bond acceptors (Lipinski definition) is 5. The molecule has 1 fully saturated rings. The summed E-state index contributed by atoms with van der Waals surface area (Å²) in [5.41, 5.74) is 0.696. The average molecular weight is 509 g/mol. The van der Waals surface area contributed by atoms with Crippen LogP contribution in [0, 0.1) is 11.7 Å². The van der Waals surface area contributed by atoms with E-state index in [1.807, 2.05) is 36.4 Å². The molecule has 3 atom stereocenters. The summed E-state index contributed by atoms with van der Waals surface area (Å²) in [6, 6.07) is 24.8. The van der Waals surface area contributed by atoms with Crippen molar-refractivity contribution in [2.45, 2.75) is 24.7 Å². The molecule has 0 saturated carbocycles. The second-order valence-electron chi connectivity index (χ2n) is 8.77. The first kappa shape index (κ1) is 25.9. The molecule has 1 amide bonds. The fraction of sp³-hybridized carbons (Fsp3) is 0.286. The number of halogens is 1.